The quantitative estimate of drug-likeness (QED) is 0.862. The number of amides is 1. The van der Waals surface area contributed by atoms with E-state index in [1.807, 2.05) is 19.2 Å². The Hall–Kier alpha value is -2.34. The summed E-state index contributed by atoms with van der Waals surface area (Å²) in [6.07, 6.45) is 0. The normalized spacial score (nSPS) is 14.7. The van der Waals surface area contributed by atoms with Crippen LogP contribution in [0.1, 0.15) is 27.4 Å². The molecule has 0 unspecified atom stereocenters. The third kappa shape index (κ3) is 3.28. The minimum atomic E-state index is -0.0666. The van der Waals surface area contributed by atoms with E-state index >= 15 is 0 Å². The van der Waals surface area contributed by atoms with Crippen molar-refractivity contribution < 1.29 is 14.1 Å². The van der Waals surface area contributed by atoms with Crippen LogP contribution in [0.4, 0.5) is 5.69 Å². The molecule has 1 saturated heterocycles. The number of benzene rings is 1. The number of nitrogens with zero attached hydrogens (tertiary/aromatic N) is 3. The zero-order valence-electron chi connectivity index (χ0n) is 14.4. The van der Waals surface area contributed by atoms with Gasteiger partial charge in [-0.3, -0.25) is 4.79 Å². The van der Waals surface area contributed by atoms with Crippen molar-refractivity contribution in [3.05, 3.63) is 46.8 Å². The van der Waals surface area contributed by atoms with E-state index in [-0.39, 0.29) is 5.91 Å². The molecular formula is C18H23N3O3. The van der Waals surface area contributed by atoms with Gasteiger partial charge in [0.05, 0.1) is 18.9 Å². The first kappa shape index (κ1) is 16.5. The van der Waals surface area contributed by atoms with Gasteiger partial charge < -0.3 is 19.1 Å². The average molecular weight is 329 g/mol. The molecule has 0 N–H and O–H groups in total. The van der Waals surface area contributed by atoms with Crippen LogP contribution in [-0.2, 0) is 11.3 Å². The molecule has 1 aromatic carbocycles. The van der Waals surface area contributed by atoms with Gasteiger partial charge in [-0.1, -0.05) is 23.4 Å². The number of aromatic nitrogens is 1. The number of para-hydroxylation sites is 1. The fourth-order valence-corrected chi connectivity index (χ4v) is 3.06. The van der Waals surface area contributed by atoms with Crippen molar-refractivity contribution in [1.82, 2.24) is 10.1 Å². The lowest BCUT2D eigenvalue weighted by molar-refractivity contribution is 0.0782. The molecule has 1 fully saturated rings. The van der Waals surface area contributed by atoms with Gasteiger partial charge >= 0.3 is 0 Å². The van der Waals surface area contributed by atoms with E-state index in [1.165, 1.54) is 5.69 Å². The second kappa shape index (κ2) is 7.05. The Morgan fingerprint density at radius 1 is 1.25 bits per heavy atom. The fourth-order valence-electron chi connectivity index (χ4n) is 3.06. The van der Waals surface area contributed by atoms with Crippen LogP contribution in [0.5, 0.6) is 0 Å². The number of hydrogen-bond acceptors (Lipinski definition) is 5. The summed E-state index contributed by atoms with van der Waals surface area (Å²) in [4.78, 5) is 16.8. The predicted molar refractivity (Wildman–Crippen MR) is 91.2 cm³/mol. The Balaban J connectivity index is 1.79. The molecule has 1 amide bonds. The standard InChI is InChI=1S/C18H23N3O3/c1-13-17(14(2)24-19-13)18(22)20(3)12-15-6-4-5-7-16(15)21-8-10-23-11-9-21/h4-7H,8-12H2,1-3H3. The summed E-state index contributed by atoms with van der Waals surface area (Å²) in [6, 6.07) is 8.22. The van der Waals surface area contributed by atoms with Crippen LogP contribution in [0.15, 0.2) is 28.8 Å². The third-order valence-corrected chi connectivity index (χ3v) is 4.34. The monoisotopic (exact) mass is 329 g/mol. The average Bonchev–Trinajstić information content (AvgIpc) is 2.94. The molecule has 0 atom stereocenters. The highest BCUT2D eigenvalue weighted by molar-refractivity contribution is 5.96. The number of aryl methyl sites for hydroxylation is 2. The first-order chi connectivity index (χ1) is 11.6. The summed E-state index contributed by atoms with van der Waals surface area (Å²) in [7, 11) is 1.81. The Labute approximate surface area is 142 Å². The number of hydrogen-bond donors (Lipinski definition) is 0. The minimum absolute atomic E-state index is 0.0666. The highest BCUT2D eigenvalue weighted by Crippen LogP contribution is 2.24. The highest BCUT2D eigenvalue weighted by Gasteiger charge is 2.22. The van der Waals surface area contributed by atoms with E-state index in [4.69, 9.17) is 9.26 Å². The molecule has 0 radical (unpaired) electrons. The molecule has 2 aromatic rings. The molecule has 0 saturated carbocycles. The van der Waals surface area contributed by atoms with Gasteiger partial charge in [0.2, 0.25) is 0 Å². The highest BCUT2D eigenvalue weighted by atomic mass is 16.5. The van der Waals surface area contributed by atoms with E-state index in [0.717, 1.165) is 31.9 Å². The Bertz CT molecular complexity index is 701. The van der Waals surface area contributed by atoms with Crippen molar-refractivity contribution >= 4 is 11.6 Å². The van der Waals surface area contributed by atoms with E-state index in [2.05, 4.69) is 22.2 Å². The van der Waals surface area contributed by atoms with E-state index in [1.54, 1.807) is 18.7 Å². The minimum Gasteiger partial charge on any atom is -0.378 e. The van der Waals surface area contributed by atoms with Crippen molar-refractivity contribution in [1.29, 1.82) is 0 Å². The molecule has 6 heteroatoms. The lowest BCUT2D eigenvalue weighted by Gasteiger charge is -2.31. The first-order valence-electron chi connectivity index (χ1n) is 8.17. The molecule has 6 nitrogen and oxygen atoms in total. The maximum Gasteiger partial charge on any atom is 0.259 e. The van der Waals surface area contributed by atoms with Gasteiger partial charge in [-0.2, -0.15) is 0 Å². The van der Waals surface area contributed by atoms with Crippen molar-refractivity contribution in [2.45, 2.75) is 20.4 Å². The number of carbonyl (C=O) groups is 1. The molecule has 128 valence electrons. The van der Waals surface area contributed by atoms with Crippen LogP contribution < -0.4 is 4.90 Å². The van der Waals surface area contributed by atoms with E-state index < -0.39 is 0 Å². The number of anilines is 1. The lowest BCUT2D eigenvalue weighted by atomic mass is 10.1. The number of rotatable bonds is 4. The van der Waals surface area contributed by atoms with Crippen LogP contribution in [0.2, 0.25) is 0 Å². The van der Waals surface area contributed by atoms with Gasteiger partial charge in [-0.15, -0.1) is 0 Å². The summed E-state index contributed by atoms with van der Waals surface area (Å²) in [6.45, 7) is 7.32. The van der Waals surface area contributed by atoms with Gasteiger partial charge in [-0.25, -0.2) is 0 Å². The van der Waals surface area contributed by atoms with Gasteiger partial charge in [-0.05, 0) is 25.5 Å². The summed E-state index contributed by atoms with van der Waals surface area (Å²) < 4.78 is 10.5. The van der Waals surface area contributed by atoms with Crippen molar-refractivity contribution in [2.75, 3.05) is 38.3 Å². The smallest absolute Gasteiger partial charge is 0.259 e. The van der Waals surface area contributed by atoms with Crippen molar-refractivity contribution in [2.24, 2.45) is 0 Å². The van der Waals surface area contributed by atoms with Crippen LogP contribution in [0.25, 0.3) is 0 Å². The second-order valence-corrected chi connectivity index (χ2v) is 6.09. The maximum absolute atomic E-state index is 12.7. The van der Waals surface area contributed by atoms with Gasteiger partial charge in [0.15, 0.2) is 0 Å². The number of ether oxygens (including phenoxy) is 1. The molecule has 0 aliphatic carbocycles. The Morgan fingerprint density at radius 3 is 2.62 bits per heavy atom. The molecule has 3 rings (SSSR count). The van der Waals surface area contributed by atoms with E-state index in [0.29, 0.717) is 23.6 Å². The topological polar surface area (TPSA) is 58.8 Å². The van der Waals surface area contributed by atoms with Crippen molar-refractivity contribution in [3.63, 3.8) is 0 Å². The maximum atomic E-state index is 12.7. The third-order valence-electron chi connectivity index (χ3n) is 4.34. The Morgan fingerprint density at radius 2 is 1.96 bits per heavy atom. The van der Waals surface area contributed by atoms with Gasteiger partial charge in [0, 0.05) is 32.4 Å². The second-order valence-electron chi connectivity index (χ2n) is 6.09. The molecule has 1 aliphatic heterocycles. The largest absolute Gasteiger partial charge is 0.378 e. The summed E-state index contributed by atoms with van der Waals surface area (Å²) >= 11 is 0. The van der Waals surface area contributed by atoms with Crippen LogP contribution in [0, 0.1) is 13.8 Å². The summed E-state index contributed by atoms with van der Waals surface area (Å²) in [5, 5.41) is 3.87. The van der Waals surface area contributed by atoms with Crippen LogP contribution >= 0.6 is 0 Å². The zero-order chi connectivity index (χ0) is 17.1. The van der Waals surface area contributed by atoms with Crippen LogP contribution in [-0.4, -0.2) is 49.3 Å². The molecular weight excluding hydrogens is 306 g/mol. The van der Waals surface area contributed by atoms with Gasteiger partial charge in [0.1, 0.15) is 11.3 Å². The molecule has 0 bridgehead atoms. The summed E-state index contributed by atoms with van der Waals surface area (Å²) in [5.74, 6) is 0.494. The number of morpholine rings is 1. The van der Waals surface area contributed by atoms with E-state index in [9.17, 15) is 4.79 Å². The fraction of sp³-hybridized carbons (Fsp3) is 0.444. The first-order valence-corrected chi connectivity index (χ1v) is 8.17. The molecule has 1 aromatic heterocycles. The summed E-state index contributed by atoms with van der Waals surface area (Å²) in [5.41, 5.74) is 3.48. The van der Waals surface area contributed by atoms with Crippen LogP contribution in [0.3, 0.4) is 0 Å². The molecule has 24 heavy (non-hydrogen) atoms. The SMILES string of the molecule is Cc1noc(C)c1C(=O)N(C)Cc1ccccc1N1CCOCC1. The predicted octanol–water partition coefficient (Wildman–Crippen LogP) is 2.40. The number of carbonyl (C=O) groups excluding carboxylic acids is 1. The van der Waals surface area contributed by atoms with Crippen molar-refractivity contribution in [3.8, 4) is 0 Å². The molecule has 1 aliphatic rings. The molecule has 0 spiro atoms. The Kier molecular flexibility index (Phi) is 4.85. The lowest BCUT2D eigenvalue weighted by Crippen LogP contribution is -2.37. The van der Waals surface area contributed by atoms with Gasteiger partial charge in [0.25, 0.3) is 5.91 Å². The zero-order valence-corrected chi connectivity index (χ0v) is 14.4. The molecule has 2 heterocycles.